The van der Waals surface area contributed by atoms with Crippen molar-refractivity contribution in [2.75, 3.05) is 51.3 Å². The van der Waals surface area contributed by atoms with Gasteiger partial charge in [0.15, 0.2) is 0 Å². The number of carbonyl (C=O) groups is 2. The molecule has 0 bridgehead atoms. The molecule has 1 aromatic heterocycles. The van der Waals surface area contributed by atoms with Crippen LogP contribution in [0.1, 0.15) is 18.1 Å². The maximum atomic E-state index is 13.8. The minimum Gasteiger partial charge on any atom is -0.494 e. The van der Waals surface area contributed by atoms with Crippen molar-refractivity contribution in [3.05, 3.63) is 96.2 Å². The van der Waals surface area contributed by atoms with Crippen molar-refractivity contribution in [1.29, 1.82) is 0 Å². The third-order valence-electron chi connectivity index (χ3n) is 7.65. The topological polar surface area (TPSA) is 80.9 Å². The molecule has 0 radical (unpaired) electrons. The molecule has 8 nitrogen and oxygen atoms in total. The Morgan fingerprint density at radius 3 is 2.41 bits per heavy atom. The number of anilines is 1. The predicted octanol–water partition coefficient (Wildman–Crippen LogP) is 4.07. The van der Waals surface area contributed by atoms with E-state index in [4.69, 9.17) is 4.74 Å². The molecule has 2 heterocycles. The number of ether oxygens (including phenoxy) is 1. The third kappa shape index (κ3) is 7.08. The second-order valence-electron chi connectivity index (χ2n) is 10.5. The number of carbonyl (C=O) groups excluding carboxylic acids is 2. The van der Waals surface area contributed by atoms with Gasteiger partial charge < -0.3 is 24.8 Å². The first-order chi connectivity index (χ1) is 20.0. The van der Waals surface area contributed by atoms with Crippen molar-refractivity contribution >= 4 is 28.4 Å². The zero-order chi connectivity index (χ0) is 28.6. The Bertz CT molecular complexity index is 1450. The Morgan fingerprint density at radius 2 is 1.63 bits per heavy atom. The number of H-pyrrole nitrogens is 1. The van der Waals surface area contributed by atoms with Gasteiger partial charge in [0.1, 0.15) is 11.8 Å². The quantitative estimate of drug-likeness (QED) is 0.293. The molecule has 0 aliphatic carbocycles. The fourth-order valence-electron chi connectivity index (χ4n) is 5.50. The van der Waals surface area contributed by atoms with E-state index in [2.05, 4.69) is 32.2 Å². The van der Waals surface area contributed by atoms with Gasteiger partial charge in [-0.05, 0) is 36.8 Å². The number of amides is 2. The summed E-state index contributed by atoms with van der Waals surface area (Å²) in [6, 6.07) is 25.4. The van der Waals surface area contributed by atoms with Crippen LogP contribution in [0.2, 0.25) is 0 Å². The average molecular weight is 554 g/mol. The van der Waals surface area contributed by atoms with E-state index in [9.17, 15) is 9.59 Å². The summed E-state index contributed by atoms with van der Waals surface area (Å²) in [5.41, 5.74) is 4.14. The number of piperazine rings is 1. The fourth-order valence-corrected chi connectivity index (χ4v) is 5.50. The molecule has 5 rings (SSSR count). The average Bonchev–Trinajstić information content (AvgIpc) is 3.41. The van der Waals surface area contributed by atoms with Crippen molar-refractivity contribution in [1.82, 2.24) is 20.1 Å². The summed E-state index contributed by atoms with van der Waals surface area (Å²) in [5.74, 6) is 0.491. The molecule has 3 aromatic carbocycles. The van der Waals surface area contributed by atoms with Crippen LogP contribution in [0.5, 0.6) is 5.75 Å². The molecule has 0 saturated carbocycles. The standard InChI is InChI=1S/C33H39N5O3/c1-3-41-31-16-10-7-11-25(31)23-36(2)33(40)30(21-26-22-34-29-15-9-8-14-28(26)29)35-32(39)24-37-17-19-38(20-18-37)27-12-5-4-6-13-27/h4-16,22,30,34H,3,17-21,23-24H2,1-2H3,(H,35,39). The number of nitrogens with zero attached hydrogens (tertiary/aromatic N) is 3. The summed E-state index contributed by atoms with van der Waals surface area (Å²) < 4.78 is 5.78. The van der Waals surface area contributed by atoms with Crippen LogP contribution in [-0.2, 0) is 22.6 Å². The number of fused-ring (bicyclic) bond motifs is 1. The maximum Gasteiger partial charge on any atom is 0.245 e. The second kappa shape index (κ2) is 13.4. The first-order valence-corrected chi connectivity index (χ1v) is 14.3. The third-order valence-corrected chi connectivity index (χ3v) is 7.65. The molecule has 1 saturated heterocycles. The van der Waals surface area contributed by atoms with Gasteiger partial charge in [0.2, 0.25) is 11.8 Å². The van der Waals surface area contributed by atoms with E-state index in [1.165, 1.54) is 5.69 Å². The van der Waals surface area contributed by atoms with Crippen molar-refractivity contribution < 1.29 is 14.3 Å². The molecule has 0 spiro atoms. The van der Waals surface area contributed by atoms with Gasteiger partial charge in [-0.15, -0.1) is 0 Å². The molecule has 1 unspecified atom stereocenters. The van der Waals surface area contributed by atoms with Gasteiger partial charge in [0.05, 0.1) is 13.2 Å². The molecule has 2 amide bonds. The van der Waals surface area contributed by atoms with E-state index in [0.717, 1.165) is 54.0 Å². The summed E-state index contributed by atoms with van der Waals surface area (Å²) in [5, 5.41) is 4.14. The van der Waals surface area contributed by atoms with Gasteiger partial charge in [0, 0.05) is 74.5 Å². The molecule has 1 aliphatic heterocycles. The minimum atomic E-state index is -0.698. The second-order valence-corrected chi connectivity index (χ2v) is 10.5. The number of likely N-dealkylation sites (N-methyl/N-ethyl adjacent to an activating group) is 1. The molecule has 2 N–H and O–H groups in total. The van der Waals surface area contributed by atoms with Gasteiger partial charge in [-0.1, -0.05) is 54.6 Å². The largest absolute Gasteiger partial charge is 0.494 e. The molecule has 4 aromatic rings. The highest BCUT2D eigenvalue weighted by Gasteiger charge is 2.27. The zero-order valence-electron chi connectivity index (χ0n) is 23.9. The van der Waals surface area contributed by atoms with Crippen molar-refractivity contribution in [3.63, 3.8) is 0 Å². The van der Waals surface area contributed by atoms with Crippen LogP contribution in [-0.4, -0.2) is 79.0 Å². The Kier molecular flexibility index (Phi) is 9.21. The number of hydrogen-bond donors (Lipinski definition) is 2. The molecule has 1 aliphatic rings. The molecule has 8 heteroatoms. The summed E-state index contributed by atoms with van der Waals surface area (Å²) in [6.45, 7) is 6.43. The van der Waals surface area contributed by atoms with Crippen LogP contribution >= 0.6 is 0 Å². The lowest BCUT2D eigenvalue weighted by molar-refractivity contribution is -0.136. The first-order valence-electron chi connectivity index (χ1n) is 14.3. The lowest BCUT2D eigenvalue weighted by Gasteiger charge is -2.36. The van der Waals surface area contributed by atoms with Gasteiger partial charge in [-0.25, -0.2) is 0 Å². The highest BCUT2D eigenvalue weighted by molar-refractivity contribution is 5.90. The van der Waals surface area contributed by atoms with Gasteiger partial charge >= 0.3 is 0 Å². The highest BCUT2D eigenvalue weighted by Crippen LogP contribution is 2.22. The van der Waals surface area contributed by atoms with Gasteiger partial charge in [-0.2, -0.15) is 0 Å². The van der Waals surface area contributed by atoms with Crippen LogP contribution in [0.25, 0.3) is 10.9 Å². The molecule has 1 fully saturated rings. The number of benzene rings is 3. The summed E-state index contributed by atoms with van der Waals surface area (Å²) in [6.07, 6.45) is 2.33. The SMILES string of the molecule is CCOc1ccccc1CN(C)C(=O)C(Cc1c[nH]c2ccccc12)NC(=O)CN1CCN(c2ccccc2)CC1. The predicted molar refractivity (Wildman–Crippen MR) is 163 cm³/mol. The van der Waals surface area contributed by atoms with E-state index in [1.54, 1.807) is 11.9 Å². The van der Waals surface area contributed by atoms with Crippen molar-refractivity contribution in [2.24, 2.45) is 0 Å². The smallest absolute Gasteiger partial charge is 0.245 e. The summed E-state index contributed by atoms with van der Waals surface area (Å²) >= 11 is 0. The van der Waals surface area contributed by atoms with E-state index in [-0.39, 0.29) is 18.4 Å². The number of rotatable bonds is 11. The van der Waals surface area contributed by atoms with Crippen LogP contribution < -0.4 is 15.0 Å². The number of aromatic nitrogens is 1. The lowest BCUT2D eigenvalue weighted by atomic mass is 10.0. The summed E-state index contributed by atoms with van der Waals surface area (Å²) in [4.78, 5) is 36.6. The van der Waals surface area contributed by atoms with Crippen molar-refractivity contribution in [3.8, 4) is 5.75 Å². The Labute approximate surface area is 241 Å². The number of aromatic amines is 1. The molecular weight excluding hydrogens is 514 g/mol. The van der Waals surface area contributed by atoms with Crippen LogP contribution in [0.4, 0.5) is 5.69 Å². The van der Waals surface area contributed by atoms with Gasteiger partial charge in [0.25, 0.3) is 0 Å². The van der Waals surface area contributed by atoms with Crippen LogP contribution in [0.15, 0.2) is 85.1 Å². The van der Waals surface area contributed by atoms with E-state index in [1.807, 2.05) is 79.9 Å². The minimum absolute atomic E-state index is 0.135. The Morgan fingerprint density at radius 1 is 0.927 bits per heavy atom. The zero-order valence-corrected chi connectivity index (χ0v) is 23.9. The molecule has 1 atom stereocenters. The highest BCUT2D eigenvalue weighted by atomic mass is 16.5. The fraction of sp³-hybridized carbons (Fsp3) is 0.333. The van der Waals surface area contributed by atoms with E-state index >= 15 is 0 Å². The number of hydrogen-bond acceptors (Lipinski definition) is 5. The summed E-state index contributed by atoms with van der Waals surface area (Å²) in [7, 11) is 1.78. The van der Waals surface area contributed by atoms with E-state index in [0.29, 0.717) is 19.6 Å². The van der Waals surface area contributed by atoms with Crippen LogP contribution in [0.3, 0.4) is 0 Å². The Hall–Kier alpha value is -4.30. The van der Waals surface area contributed by atoms with Gasteiger partial charge in [-0.3, -0.25) is 14.5 Å². The first kappa shape index (κ1) is 28.2. The maximum absolute atomic E-state index is 13.8. The number of nitrogens with one attached hydrogen (secondary N) is 2. The Balaban J connectivity index is 1.27. The molecular formula is C33H39N5O3. The van der Waals surface area contributed by atoms with E-state index < -0.39 is 6.04 Å². The lowest BCUT2D eigenvalue weighted by Crippen LogP contribution is -2.53. The van der Waals surface area contributed by atoms with Crippen molar-refractivity contribution in [2.45, 2.75) is 25.9 Å². The molecule has 214 valence electrons. The van der Waals surface area contributed by atoms with Crippen LogP contribution in [0, 0.1) is 0 Å². The normalized spacial score (nSPS) is 14.5. The monoisotopic (exact) mass is 553 g/mol. The number of para-hydroxylation sites is 3. The molecule has 41 heavy (non-hydrogen) atoms.